The predicted molar refractivity (Wildman–Crippen MR) is 225 cm³/mol. The molecule has 2 saturated heterocycles. The number of carbonyl (C=O) groups excluding carboxylic acids is 3. The van der Waals surface area contributed by atoms with Crippen LogP contribution in [0.5, 0.6) is 5.75 Å². The molecule has 4 aromatic carbocycles. The van der Waals surface area contributed by atoms with Crippen LogP contribution in [0.4, 0.5) is 11.4 Å². The zero-order valence-electron chi connectivity index (χ0n) is 34.0. The van der Waals surface area contributed by atoms with Gasteiger partial charge in [-0.15, -0.1) is 0 Å². The molecule has 60 heavy (non-hydrogen) atoms. The number of nitrogens with zero attached hydrogens (tertiary/aromatic N) is 2. The van der Waals surface area contributed by atoms with Crippen molar-refractivity contribution in [1.29, 1.82) is 0 Å². The minimum absolute atomic E-state index is 0.0681. The minimum Gasteiger partial charge on any atom is -0.497 e. The molecule has 1 spiro atoms. The van der Waals surface area contributed by atoms with Crippen LogP contribution in [0.3, 0.4) is 0 Å². The number of benzene rings is 4. The van der Waals surface area contributed by atoms with E-state index < -0.39 is 62.3 Å². The van der Waals surface area contributed by atoms with Gasteiger partial charge in [-0.05, 0) is 47.0 Å². The summed E-state index contributed by atoms with van der Waals surface area (Å²) in [7, 11) is -1.08. The lowest BCUT2D eigenvalue weighted by molar-refractivity contribution is -0.274. The van der Waals surface area contributed by atoms with Crippen LogP contribution >= 0.6 is 0 Å². The highest BCUT2D eigenvalue weighted by Crippen LogP contribution is 2.60. The molecule has 318 valence electrons. The Bertz CT molecular complexity index is 2160. The molecule has 0 aromatic heterocycles. The van der Waals surface area contributed by atoms with Crippen LogP contribution in [-0.2, 0) is 42.5 Å². The number of ether oxygens (including phenoxy) is 3. The number of methoxy groups -OCH3 is 1. The van der Waals surface area contributed by atoms with Crippen molar-refractivity contribution in [3.8, 4) is 5.75 Å². The molecule has 0 aliphatic carbocycles. The zero-order valence-corrected chi connectivity index (χ0v) is 35.0. The number of nitrogens with one attached hydrogen (secondary N) is 1. The van der Waals surface area contributed by atoms with Crippen molar-refractivity contribution >= 4 is 42.4 Å². The average Bonchev–Trinajstić information content (AvgIpc) is 3.67. The summed E-state index contributed by atoms with van der Waals surface area (Å²) in [5.74, 6) is -1.27. The maximum atomic E-state index is 15.4. The highest BCUT2D eigenvalue weighted by atomic mass is 28.3. The second kappa shape index (κ2) is 17.6. The SMILES string of the molecule is COc1ccc([Si](C)(C)[C@H]2[C@H](CC(=O)N(CCO)Cc3ccccc3)O[C@@]3(C(=O)N(Cc4ccccc4)c4ccc(NC(=O)[C@H]5O[C@@H](O)[C@H](O)[C@@H](O)[C@@H]5O)cc43)[C@@H]2C)cc1. The average molecular weight is 840 g/mol. The third-order valence-corrected chi connectivity index (χ3v) is 16.8. The van der Waals surface area contributed by atoms with Crippen molar-refractivity contribution in [3.63, 3.8) is 0 Å². The van der Waals surface area contributed by atoms with E-state index in [1.807, 2.05) is 91.9 Å². The van der Waals surface area contributed by atoms with Crippen molar-refractivity contribution in [2.24, 2.45) is 5.92 Å². The first-order valence-corrected chi connectivity index (χ1v) is 23.2. The molecule has 9 atom stereocenters. The third kappa shape index (κ3) is 7.99. The molecule has 4 aromatic rings. The maximum Gasteiger partial charge on any atom is 0.264 e. The van der Waals surface area contributed by atoms with E-state index in [9.17, 15) is 35.1 Å². The fourth-order valence-electron chi connectivity index (χ4n) is 9.32. The first-order valence-electron chi connectivity index (χ1n) is 20.1. The molecule has 6 N–H and O–H groups in total. The first-order chi connectivity index (χ1) is 28.7. The summed E-state index contributed by atoms with van der Waals surface area (Å²) < 4.78 is 17.9. The van der Waals surface area contributed by atoms with E-state index in [0.717, 1.165) is 16.3 Å². The molecule has 0 bridgehead atoms. The van der Waals surface area contributed by atoms with Gasteiger partial charge >= 0.3 is 0 Å². The summed E-state index contributed by atoms with van der Waals surface area (Å²) in [6.45, 7) is 6.76. The van der Waals surface area contributed by atoms with Gasteiger partial charge in [0.1, 0.15) is 24.1 Å². The number of amides is 3. The van der Waals surface area contributed by atoms with Gasteiger partial charge in [-0.3, -0.25) is 14.4 Å². The molecule has 7 rings (SSSR count). The highest BCUT2D eigenvalue weighted by Gasteiger charge is 2.66. The lowest BCUT2D eigenvalue weighted by Gasteiger charge is -2.37. The number of carbonyl (C=O) groups is 3. The Morgan fingerprint density at radius 2 is 1.53 bits per heavy atom. The van der Waals surface area contributed by atoms with Crippen molar-refractivity contribution in [1.82, 2.24) is 4.90 Å². The van der Waals surface area contributed by atoms with E-state index in [-0.39, 0.29) is 55.7 Å². The van der Waals surface area contributed by atoms with Crippen LogP contribution in [-0.4, -0.2) is 113 Å². The van der Waals surface area contributed by atoms with Crippen LogP contribution < -0.4 is 20.1 Å². The van der Waals surface area contributed by atoms with E-state index in [4.69, 9.17) is 14.2 Å². The summed E-state index contributed by atoms with van der Waals surface area (Å²) >= 11 is 0. The van der Waals surface area contributed by atoms with E-state index in [0.29, 0.717) is 17.0 Å². The molecule has 3 amide bonds. The van der Waals surface area contributed by atoms with E-state index >= 15 is 4.79 Å². The van der Waals surface area contributed by atoms with Crippen LogP contribution in [0.25, 0.3) is 0 Å². The van der Waals surface area contributed by atoms with Crippen LogP contribution in [0.15, 0.2) is 103 Å². The first kappa shape index (κ1) is 43.1. The van der Waals surface area contributed by atoms with Crippen molar-refractivity contribution in [3.05, 3.63) is 120 Å². The number of anilines is 2. The smallest absolute Gasteiger partial charge is 0.264 e. The van der Waals surface area contributed by atoms with Gasteiger partial charge in [-0.1, -0.05) is 98.0 Å². The summed E-state index contributed by atoms with van der Waals surface area (Å²) in [5.41, 5.74) is 1.09. The molecule has 0 radical (unpaired) electrons. The summed E-state index contributed by atoms with van der Waals surface area (Å²) in [6, 6.07) is 31.9. The van der Waals surface area contributed by atoms with E-state index in [1.165, 1.54) is 0 Å². The Morgan fingerprint density at radius 3 is 2.17 bits per heavy atom. The molecule has 15 heteroatoms. The number of fused-ring (bicyclic) bond motifs is 2. The van der Waals surface area contributed by atoms with Gasteiger partial charge in [0.05, 0.1) is 46.5 Å². The highest BCUT2D eigenvalue weighted by molar-refractivity contribution is 6.91. The van der Waals surface area contributed by atoms with Crippen molar-refractivity contribution < 1.29 is 54.1 Å². The number of aliphatic hydroxyl groups excluding tert-OH is 5. The molecule has 3 heterocycles. The van der Waals surface area contributed by atoms with Crippen LogP contribution in [0.2, 0.25) is 18.6 Å². The number of hydrogen-bond acceptors (Lipinski definition) is 11. The van der Waals surface area contributed by atoms with E-state index in [1.54, 1.807) is 35.1 Å². The fraction of sp³-hybridized carbons (Fsp3) is 0.400. The third-order valence-electron chi connectivity index (χ3n) is 12.4. The van der Waals surface area contributed by atoms with Gasteiger partial charge < -0.3 is 54.9 Å². The van der Waals surface area contributed by atoms with Crippen molar-refractivity contribution in [2.45, 2.75) is 87.5 Å². The summed E-state index contributed by atoms with van der Waals surface area (Å²) in [6.07, 6.45) is -9.98. The standard InChI is InChI=1S/C45H53N3O11Si/c1-27-41(60(3,4)32-18-16-31(57-2)17-19-32)35(24-36(50)47(21-22-49)25-28-11-7-5-8-12-28)59-45(27)33-23-30(46-42(54)40-38(52)37(51)39(53)43(55)58-40)15-20-34(33)48(44(45)56)26-29-13-9-6-10-14-29/h5-20,23,27,35,37-41,43,49,51-53,55H,21-22,24-26H2,1-4H3,(H,46,54)/t27-,35+,37+,38+,39-,40+,41-,43-,45+/m1/s1. The Labute approximate surface area is 349 Å². The van der Waals surface area contributed by atoms with Gasteiger partial charge in [-0.25, -0.2) is 0 Å². The molecular formula is C45H53N3O11Si. The molecule has 2 fully saturated rings. The van der Waals surface area contributed by atoms with Gasteiger partial charge in [0.15, 0.2) is 18.0 Å². The lowest BCUT2D eigenvalue weighted by Crippen LogP contribution is -2.60. The van der Waals surface area contributed by atoms with Crippen LogP contribution in [0.1, 0.15) is 30.0 Å². The molecule has 14 nitrogen and oxygen atoms in total. The predicted octanol–water partition coefficient (Wildman–Crippen LogP) is 2.61. The Morgan fingerprint density at radius 1 is 0.883 bits per heavy atom. The quantitative estimate of drug-likeness (QED) is 0.108. The maximum absolute atomic E-state index is 15.4. The molecule has 3 aliphatic heterocycles. The molecular weight excluding hydrogens is 787 g/mol. The van der Waals surface area contributed by atoms with Gasteiger partial charge in [0.25, 0.3) is 11.8 Å². The monoisotopic (exact) mass is 839 g/mol. The molecule has 0 saturated carbocycles. The summed E-state index contributed by atoms with van der Waals surface area (Å²) in [4.78, 5) is 46.7. The molecule has 0 unspecified atom stereocenters. The van der Waals surface area contributed by atoms with E-state index in [2.05, 4.69) is 18.4 Å². The Kier molecular flexibility index (Phi) is 12.6. The number of rotatable bonds is 13. The van der Waals surface area contributed by atoms with Gasteiger partial charge in [0.2, 0.25) is 5.91 Å². The summed E-state index contributed by atoms with van der Waals surface area (Å²) in [5, 5.41) is 54.8. The van der Waals surface area contributed by atoms with Gasteiger partial charge in [0, 0.05) is 30.3 Å². The zero-order chi connectivity index (χ0) is 42.9. The Balaban J connectivity index is 1.31. The second-order valence-corrected chi connectivity index (χ2v) is 21.1. The topological polar surface area (TPSA) is 199 Å². The number of hydrogen-bond donors (Lipinski definition) is 6. The molecule has 3 aliphatic rings. The van der Waals surface area contributed by atoms with Gasteiger partial charge in [-0.2, -0.15) is 0 Å². The number of aliphatic hydroxyl groups is 5. The fourth-order valence-corrected chi connectivity index (χ4v) is 13.3. The second-order valence-electron chi connectivity index (χ2n) is 16.4. The minimum atomic E-state index is -2.69. The van der Waals surface area contributed by atoms with Crippen LogP contribution in [0, 0.1) is 5.92 Å². The van der Waals surface area contributed by atoms with Crippen molar-refractivity contribution in [2.75, 3.05) is 30.5 Å². The normalized spacial score (nSPS) is 27.5. The Hall–Kier alpha value is -4.97. The lowest BCUT2D eigenvalue weighted by atomic mass is 9.82. The largest absolute Gasteiger partial charge is 0.497 e.